The van der Waals surface area contributed by atoms with Crippen LogP contribution in [0.1, 0.15) is 60.1 Å². The van der Waals surface area contributed by atoms with Crippen molar-refractivity contribution in [2.24, 2.45) is 5.10 Å². The molecule has 1 heterocycles. The van der Waals surface area contributed by atoms with E-state index in [1.807, 2.05) is 19.9 Å². The minimum absolute atomic E-state index is 0.178. The van der Waals surface area contributed by atoms with Gasteiger partial charge in [0.25, 0.3) is 5.88 Å². The highest BCUT2D eigenvalue weighted by Gasteiger charge is 2.18. The zero-order valence-corrected chi connectivity index (χ0v) is 14.4. The van der Waals surface area contributed by atoms with Gasteiger partial charge >= 0.3 is 5.97 Å². The molecular formula is C18H20N4O3. The number of nitriles is 1. The number of nitrogens with one attached hydrogen (secondary N) is 1. The van der Waals surface area contributed by atoms with Crippen LogP contribution < -0.4 is 5.43 Å². The Balaban J connectivity index is 2.09. The first kappa shape index (κ1) is 18.2. The molecule has 0 aliphatic carbocycles. The van der Waals surface area contributed by atoms with Gasteiger partial charge in [-0.15, -0.1) is 0 Å². The highest BCUT2D eigenvalue weighted by molar-refractivity contribution is 5.90. The molecule has 0 radical (unpaired) electrons. The van der Waals surface area contributed by atoms with Crippen molar-refractivity contribution in [3.8, 4) is 6.07 Å². The average molecular weight is 340 g/mol. The van der Waals surface area contributed by atoms with E-state index >= 15 is 0 Å². The Labute approximate surface area is 146 Å². The summed E-state index contributed by atoms with van der Waals surface area (Å²) in [5, 5.41) is 13.2. The number of carbonyl (C=O) groups is 1. The molecule has 0 aliphatic rings. The van der Waals surface area contributed by atoms with E-state index < -0.39 is 5.97 Å². The van der Waals surface area contributed by atoms with E-state index in [9.17, 15) is 10.1 Å². The molecule has 1 aromatic carbocycles. The predicted molar refractivity (Wildman–Crippen MR) is 93.5 cm³/mol. The quantitative estimate of drug-likeness (QED) is 0.469. The Morgan fingerprint density at radius 2 is 2.08 bits per heavy atom. The predicted octanol–water partition coefficient (Wildman–Crippen LogP) is 3.68. The summed E-state index contributed by atoms with van der Waals surface area (Å²) in [6.45, 7) is 4.10. The number of methoxy groups -OCH3 is 1. The molecule has 0 atom stereocenters. The first-order valence-corrected chi connectivity index (χ1v) is 8.01. The van der Waals surface area contributed by atoms with E-state index in [0.29, 0.717) is 11.5 Å². The summed E-state index contributed by atoms with van der Waals surface area (Å²) in [6.07, 6.45) is 3.33. The Bertz CT molecular complexity index is 784. The van der Waals surface area contributed by atoms with E-state index in [0.717, 1.165) is 18.4 Å². The van der Waals surface area contributed by atoms with Crippen LogP contribution in [-0.2, 0) is 4.74 Å². The van der Waals surface area contributed by atoms with Crippen LogP contribution in [0.2, 0.25) is 0 Å². The van der Waals surface area contributed by atoms with Crippen LogP contribution in [0, 0.1) is 11.3 Å². The third-order valence-corrected chi connectivity index (χ3v) is 3.80. The molecule has 0 aliphatic heterocycles. The van der Waals surface area contributed by atoms with Crippen molar-refractivity contribution < 1.29 is 13.9 Å². The second-order valence-corrected chi connectivity index (χ2v) is 5.34. The van der Waals surface area contributed by atoms with Crippen molar-refractivity contribution in [1.29, 1.82) is 5.26 Å². The van der Waals surface area contributed by atoms with E-state index in [1.165, 1.54) is 7.11 Å². The van der Waals surface area contributed by atoms with Crippen LogP contribution in [0.5, 0.6) is 0 Å². The minimum Gasteiger partial charge on any atom is -0.465 e. The first-order valence-electron chi connectivity index (χ1n) is 8.01. The second-order valence-electron chi connectivity index (χ2n) is 5.34. The van der Waals surface area contributed by atoms with Gasteiger partial charge < -0.3 is 9.15 Å². The van der Waals surface area contributed by atoms with Crippen molar-refractivity contribution in [1.82, 2.24) is 4.98 Å². The molecule has 2 rings (SSSR count). The van der Waals surface area contributed by atoms with Crippen molar-refractivity contribution in [2.75, 3.05) is 12.5 Å². The molecule has 7 nitrogen and oxygen atoms in total. The van der Waals surface area contributed by atoms with Gasteiger partial charge in [0.15, 0.2) is 0 Å². The van der Waals surface area contributed by atoms with Crippen molar-refractivity contribution >= 4 is 18.1 Å². The number of oxazole rings is 1. The number of carbonyl (C=O) groups excluding carboxylic acids is 1. The molecule has 130 valence electrons. The Kier molecular flexibility index (Phi) is 6.29. The second kappa shape index (κ2) is 8.64. The zero-order valence-electron chi connectivity index (χ0n) is 14.4. The number of nitrogens with zero attached hydrogens (tertiary/aromatic N) is 3. The highest BCUT2D eigenvalue weighted by atomic mass is 16.5. The third kappa shape index (κ3) is 4.44. The molecule has 0 saturated heterocycles. The van der Waals surface area contributed by atoms with E-state index in [1.54, 1.807) is 30.5 Å². The fraction of sp³-hybridized carbons (Fsp3) is 0.333. The van der Waals surface area contributed by atoms with E-state index in [2.05, 4.69) is 20.2 Å². The van der Waals surface area contributed by atoms with Gasteiger partial charge in [0.1, 0.15) is 6.07 Å². The van der Waals surface area contributed by atoms with Crippen molar-refractivity contribution in [3.63, 3.8) is 0 Å². The molecule has 7 heteroatoms. The van der Waals surface area contributed by atoms with Gasteiger partial charge in [0.2, 0.25) is 11.6 Å². The number of hydrogen-bond donors (Lipinski definition) is 1. The minimum atomic E-state index is -0.393. The molecule has 25 heavy (non-hydrogen) atoms. The maximum atomic E-state index is 11.4. The van der Waals surface area contributed by atoms with Gasteiger partial charge in [-0.3, -0.25) is 0 Å². The summed E-state index contributed by atoms with van der Waals surface area (Å²) in [4.78, 5) is 15.6. The lowest BCUT2D eigenvalue weighted by molar-refractivity contribution is 0.0600. The Hall–Kier alpha value is -3.14. The standard InChI is InChI=1S/C18H20N4O3/c1-4-13(5-2)16-21-15(10-19)17(25-16)22-20-11-12-6-8-14(9-7-12)18(23)24-3/h6-9,11,13,22H,4-5H2,1-3H3/b20-11+. The molecule has 0 amide bonds. The molecule has 0 bridgehead atoms. The molecule has 0 fully saturated rings. The number of esters is 1. The zero-order chi connectivity index (χ0) is 18.2. The lowest BCUT2D eigenvalue weighted by Crippen LogP contribution is -2.00. The van der Waals surface area contributed by atoms with Crippen LogP contribution in [0.25, 0.3) is 0 Å². The maximum absolute atomic E-state index is 11.4. The lowest BCUT2D eigenvalue weighted by atomic mass is 10.0. The highest BCUT2D eigenvalue weighted by Crippen LogP contribution is 2.27. The fourth-order valence-corrected chi connectivity index (χ4v) is 2.29. The summed E-state index contributed by atoms with van der Waals surface area (Å²) < 4.78 is 10.3. The van der Waals surface area contributed by atoms with Gasteiger partial charge in [0, 0.05) is 5.92 Å². The summed E-state index contributed by atoms with van der Waals surface area (Å²) >= 11 is 0. The number of rotatable bonds is 7. The molecule has 0 unspecified atom stereocenters. The Morgan fingerprint density at radius 3 is 2.64 bits per heavy atom. The van der Waals surface area contributed by atoms with Gasteiger partial charge in [-0.2, -0.15) is 10.4 Å². The van der Waals surface area contributed by atoms with Gasteiger partial charge in [-0.25, -0.2) is 15.2 Å². The smallest absolute Gasteiger partial charge is 0.337 e. The van der Waals surface area contributed by atoms with E-state index in [-0.39, 0.29) is 17.5 Å². The molecule has 1 aromatic heterocycles. The normalized spacial score (nSPS) is 10.8. The SMILES string of the molecule is CCC(CC)c1nc(C#N)c(N/N=C/c2ccc(C(=O)OC)cc2)o1. The summed E-state index contributed by atoms with van der Waals surface area (Å²) in [5.74, 6) is 0.557. The van der Waals surface area contributed by atoms with E-state index in [4.69, 9.17) is 4.42 Å². The average Bonchev–Trinajstić information content (AvgIpc) is 3.05. The Morgan fingerprint density at radius 1 is 1.40 bits per heavy atom. The summed E-state index contributed by atoms with van der Waals surface area (Å²) in [6, 6.07) is 8.76. The largest absolute Gasteiger partial charge is 0.465 e. The molecule has 0 saturated carbocycles. The number of hydrazone groups is 1. The third-order valence-electron chi connectivity index (χ3n) is 3.80. The molecular weight excluding hydrogens is 320 g/mol. The number of ether oxygens (including phenoxy) is 1. The van der Waals surface area contributed by atoms with Crippen LogP contribution in [-0.4, -0.2) is 24.3 Å². The fourth-order valence-electron chi connectivity index (χ4n) is 2.29. The summed E-state index contributed by atoms with van der Waals surface area (Å²) in [5.41, 5.74) is 4.13. The topological polar surface area (TPSA) is 101 Å². The van der Waals surface area contributed by atoms with Crippen molar-refractivity contribution in [3.05, 3.63) is 47.0 Å². The molecule has 0 spiro atoms. The number of hydrogen-bond acceptors (Lipinski definition) is 7. The number of anilines is 1. The van der Waals surface area contributed by atoms with Crippen LogP contribution in [0.15, 0.2) is 33.8 Å². The monoisotopic (exact) mass is 340 g/mol. The first-order chi connectivity index (χ1) is 12.1. The van der Waals surface area contributed by atoms with Crippen molar-refractivity contribution in [2.45, 2.75) is 32.6 Å². The lowest BCUT2D eigenvalue weighted by Gasteiger charge is -2.05. The van der Waals surface area contributed by atoms with Gasteiger partial charge in [-0.1, -0.05) is 26.0 Å². The van der Waals surface area contributed by atoms with Crippen LogP contribution in [0.3, 0.4) is 0 Å². The summed E-state index contributed by atoms with van der Waals surface area (Å²) in [7, 11) is 1.34. The van der Waals surface area contributed by atoms with Crippen LogP contribution in [0.4, 0.5) is 5.88 Å². The maximum Gasteiger partial charge on any atom is 0.337 e. The van der Waals surface area contributed by atoms with Crippen LogP contribution >= 0.6 is 0 Å². The van der Waals surface area contributed by atoms with Gasteiger partial charge in [0.05, 0.1) is 18.9 Å². The molecule has 2 aromatic rings. The number of aromatic nitrogens is 1. The van der Waals surface area contributed by atoms with Gasteiger partial charge in [-0.05, 0) is 30.5 Å². The molecule has 1 N–H and O–H groups in total. The number of benzene rings is 1.